The van der Waals surface area contributed by atoms with Gasteiger partial charge in [-0.3, -0.25) is 14.4 Å². The first-order valence-electron chi connectivity index (χ1n) is 15.1. The Bertz CT molecular complexity index is 1160. The van der Waals surface area contributed by atoms with Crippen molar-refractivity contribution >= 4 is 17.7 Å². The van der Waals surface area contributed by atoms with E-state index in [9.17, 15) is 19.5 Å². The summed E-state index contributed by atoms with van der Waals surface area (Å²) in [5, 5.41) is 9.28. The minimum atomic E-state index is -1.17. The van der Waals surface area contributed by atoms with Crippen LogP contribution in [0, 0.1) is 11.8 Å². The van der Waals surface area contributed by atoms with Crippen LogP contribution in [0.25, 0.3) is 0 Å². The van der Waals surface area contributed by atoms with E-state index in [2.05, 4.69) is 0 Å². The van der Waals surface area contributed by atoms with Crippen molar-refractivity contribution in [3.63, 3.8) is 0 Å². The van der Waals surface area contributed by atoms with Crippen molar-refractivity contribution in [3.05, 3.63) is 60.2 Å². The number of ether oxygens (including phenoxy) is 1. The van der Waals surface area contributed by atoms with Gasteiger partial charge in [-0.05, 0) is 37.7 Å². The smallest absolute Gasteiger partial charge is 0.249 e. The second-order valence-corrected chi connectivity index (χ2v) is 12.0. The van der Waals surface area contributed by atoms with E-state index < -0.39 is 29.6 Å². The standard InChI is InChI=1S/C32H41N3O5/c36-21-9-3-8-19-35-28-31(39)34(24-14-6-2-7-15-24)20-11-17-32(28)27(30(35)38)26-25(40-32)16-10-18-33(29(26)37)22-23-12-4-1-5-13-23/h1,4-5,10-13,16-17,24-28,36H,2-3,6-9,14-15,18-22H2/t25-,26+,27+,28?,32+/m1/s1. The summed E-state index contributed by atoms with van der Waals surface area (Å²) in [5.74, 6) is -1.74. The van der Waals surface area contributed by atoms with Gasteiger partial charge >= 0.3 is 0 Å². The summed E-state index contributed by atoms with van der Waals surface area (Å²) in [6, 6.07) is 9.27. The molecule has 6 rings (SSSR count). The Morgan fingerprint density at radius 3 is 2.48 bits per heavy atom. The molecule has 1 N–H and O–H groups in total. The SMILES string of the molecule is O=C1[C@@H]2[C@H]3C(=O)N(CCCCCO)C4C(=O)N(C5CCCCC5)CC=C[C@@]43O[C@@H]2C=CCN1Cc1ccccc1. The van der Waals surface area contributed by atoms with Crippen LogP contribution in [0.5, 0.6) is 0 Å². The van der Waals surface area contributed by atoms with E-state index in [1.807, 2.05) is 64.4 Å². The highest BCUT2D eigenvalue weighted by Gasteiger charge is 2.71. The molecule has 1 spiro atoms. The molecular formula is C32H41N3O5. The molecule has 8 heteroatoms. The van der Waals surface area contributed by atoms with Crippen LogP contribution in [-0.4, -0.2) is 87.6 Å². The van der Waals surface area contributed by atoms with E-state index in [1.54, 1.807) is 4.90 Å². The van der Waals surface area contributed by atoms with Crippen molar-refractivity contribution in [2.24, 2.45) is 11.8 Å². The summed E-state index contributed by atoms with van der Waals surface area (Å²) < 4.78 is 6.77. The lowest BCUT2D eigenvalue weighted by Gasteiger charge is -2.39. The van der Waals surface area contributed by atoms with Crippen LogP contribution >= 0.6 is 0 Å². The molecule has 5 atom stereocenters. The number of nitrogens with zero attached hydrogens (tertiary/aromatic N) is 3. The van der Waals surface area contributed by atoms with Crippen molar-refractivity contribution in [2.45, 2.75) is 81.7 Å². The maximum Gasteiger partial charge on any atom is 0.249 e. The molecule has 1 aromatic rings. The van der Waals surface area contributed by atoms with Crippen LogP contribution in [0.2, 0.25) is 0 Å². The normalized spacial score (nSPS) is 32.2. The maximum absolute atomic E-state index is 14.4. The van der Waals surface area contributed by atoms with Crippen molar-refractivity contribution < 1.29 is 24.2 Å². The zero-order valence-corrected chi connectivity index (χ0v) is 23.2. The van der Waals surface area contributed by atoms with Crippen LogP contribution in [0.15, 0.2) is 54.6 Å². The third-order valence-corrected chi connectivity index (χ3v) is 9.56. The molecule has 1 unspecified atom stereocenters. The zero-order chi connectivity index (χ0) is 27.7. The predicted octanol–water partition coefficient (Wildman–Crippen LogP) is 3.06. The molecule has 0 aromatic heterocycles. The fraction of sp³-hybridized carbons (Fsp3) is 0.594. The van der Waals surface area contributed by atoms with E-state index in [0.717, 1.165) is 37.7 Å². The van der Waals surface area contributed by atoms with Gasteiger partial charge in [0.05, 0.1) is 17.9 Å². The summed E-state index contributed by atoms with van der Waals surface area (Å²) in [6.07, 6.45) is 14.8. The number of carbonyl (C=O) groups is 3. The average molecular weight is 548 g/mol. The molecule has 1 saturated carbocycles. The Hall–Kier alpha value is -2.97. The number of rotatable bonds is 8. The largest absolute Gasteiger partial charge is 0.396 e. The number of benzene rings is 1. The summed E-state index contributed by atoms with van der Waals surface area (Å²) in [4.78, 5) is 48.4. The molecule has 214 valence electrons. The van der Waals surface area contributed by atoms with Gasteiger partial charge in [0.2, 0.25) is 17.7 Å². The van der Waals surface area contributed by atoms with Gasteiger partial charge in [0.15, 0.2) is 0 Å². The number of likely N-dealkylation sites (tertiary alicyclic amines) is 1. The van der Waals surface area contributed by atoms with Crippen LogP contribution in [0.3, 0.4) is 0 Å². The molecule has 8 nitrogen and oxygen atoms in total. The number of fused-ring (bicyclic) bond motifs is 2. The van der Waals surface area contributed by atoms with E-state index in [4.69, 9.17) is 4.74 Å². The lowest BCUT2D eigenvalue weighted by molar-refractivity contribution is -0.150. The first-order chi connectivity index (χ1) is 19.5. The first-order valence-corrected chi connectivity index (χ1v) is 15.1. The van der Waals surface area contributed by atoms with Crippen LogP contribution < -0.4 is 0 Å². The van der Waals surface area contributed by atoms with Crippen molar-refractivity contribution in [1.29, 1.82) is 0 Å². The molecule has 3 fully saturated rings. The molecule has 5 aliphatic rings. The second-order valence-electron chi connectivity index (χ2n) is 12.0. The summed E-state index contributed by atoms with van der Waals surface area (Å²) >= 11 is 0. The van der Waals surface area contributed by atoms with Gasteiger partial charge in [0, 0.05) is 38.8 Å². The lowest BCUT2D eigenvalue weighted by atomic mass is 9.77. The third-order valence-electron chi connectivity index (χ3n) is 9.56. The maximum atomic E-state index is 14.4. The highest BCUT2D eigenvalue weighted by atomic mass is 16.5. The monoisotopic (exact) mass is 547 g/mol. The first kappa shape index (κ1) is 27.2. The Kier molecular flexibility index (Phi) is 7.82. The Morgan fingerprint density at radius 1 is 0.900 bits per heavy atom. The van der Waals surface area contributed by atoms with E-state index in [1.165, 1.54) is 6.42 Å². The van der Waals surface area contributed by atoms with Gasteiger partial charge in [-0.2, -0.15) is 0 Å². The quantitative estimate of drug-likeness (QED) is 0.399. The van der Waals surface area contributed by atoms with E-state index in [0.29, 0.717) is 39.0 Å². The molecule has 40 heavy (non-hydrogen) atoms. The average Bonchev–Trinajstić information content (AvgIpc) is 3.29. The summed E-state index contributed by atoms with van der Waals surface area (Å²) in [6.45, 7) is 1.93. The molecule has 1 aromatic carbocycles. The van der Waals surface area contributed by atoms with Crippen LogP contribution in [-0.2, 0) is 25.7 Å². The van der Waals surface area contributed by atoms with Crippen molar-refractivity contribution in [3.8, 4) is 0 Å². The minimum Gasteiger partial charge on any atom is -0.396 e. The fourth-order valence-corrected chi connectivity index (χ4v) is 7.68. The number of hydrogen-bond acceptors (Lipinski definition) is 5. The number of hydrogen-bond donors (Lipinski definition) is 1. The molecule has 4 aliphatic heterocycles. The second kappa shape index (κ2) is 11.5. The molecular weight excluding hydrogens is 506 g/mol. The van der Waals surface area contributed by atoms with Gasteiger partial charge in [0.1, 0.15) is 11.6 Å². The number of amides is 3. The van der Waals surface area contributed by atoms with Crippen molar-refractivity contribution in [2.75, 3.05) is 26.2 Å². The van der Waals surface area contributed by atoms with Gasteiger partial charge in [-0.1, -0.05) is 73.9 Å². The zero-order valence-electron chi connectivity index (χ0n) is 23.2. The molecule has 3 amide bonds. The Labute approximate surface area is 236 Å². The number of aliphatic hydroxyl groups is 1. The number of aliphatic hydroxyl groups excluding tert-OH is 1. The van der Waals surface area contributed by atoms with Crippen molar-refractivity contribution in [1.82, 2.24) is 14.7 Å². The summed E-state index contributed by atoms with van der Waals surface area (Å²) in [7, 11) is 0. The third kappa shape index (κ3) is 4.69. The molecule has 4 heterocycles. The predicted molar refractivity (Wildman–Crippen MR) is 150 cm³/mol. The van der Waals surface area contributed by atoms with Crippen LogP contribution in [0.1, 0.15) is 56.9 Å². The molecule has 2 saturated heterocycles. The highest BCUT2D eigenvalue weighted by molar-refractivity contribution is 5.99. The fourth-order valence-electron chi connectivity index (χ4n) is 7.68. The van der Waals surface area contributed by atoms with Crippen LogP contribution in [0.4, 0.5) is 0 Å². The number of unbranched alkanes of at least 4 members (excludes halogenated alkanes) is 2. The molecule has 1 aliphatic carbocycles. The highest BCUT2D eigenvalue weighted by Crippen LogP contribution is 2.53. The van der Waals surface area contributed by atoms with Gasteiger partial charge in [-0.25, -0.2) is 0 Å². The Balaban J connectivity index is 1.34. The summed E-state index contributed by atoms with van der Waals surface area (Å²) in [5.41, 5.74) is -0.134. The van der Waals surface area contributed by atoms with E-state index in [-0.39, 0.29) is 30.4 Å². The molecule has 0 radical (unpaired) electrons. The van der Waals surface area contributed by atoms with Gasteiger partial charge < -0.3 is 24.5 Å². The molecule has 0 bridgehead atoms. The van der Waals surface area contributed by atoms with E-state index >= 15 is 0 Å². The van der Waals surface area contributed by atoms with Gasteiger partial charge in [0.25, 0.3) is 0 Å². The lowest BCUT2D eigenvalue weighted by Crippen LogP contribution is -2.57. The van der Waals surface area contributed by atoms with Gasteiger partial charge in [-0.15, -0.1) is 0 Å². The number of carbonyl (C=O) groups excluding carboxylic acids is 3. The topological polar surface area (TPSA) is 90.4 Å². The minimum absolute atomic E-state index is 0.0519. The Morgan fingerprint density at radius 2 is 1.70 bits per heavy atom.